The van der Waals surface area contributed by atoms with E-state index in [0.29, 0.717) is 18.1 Å². The van der Waals surface area contributed by atoms with Gasteiger partial charge in [0.1, 0.15) is 0 Å². The first-order valence-electron chi connectivity index (χ1n) is 13.4. The van der Waals surface area contributed by atoms with Crippen LogP contribution in [0.5, 0.6) is 0 Å². The van der Waals surface area contributed by atoms with Crippen molar-refractivity contribution in [3.63, 3.8) is 0 Å². The lowest BCUT2D eigenvalue weighted by atomic mass is 9.49. The molecule has 1 aromatic rings. The molecule has 1 aliphatic heterocycles. The van der Waals surface area contributed by atoms with Crippen LogP contribution in [0, 0.1) is 40.9 Å². The molecule has 1 heterocycles. The molecule has 0 amide bonds. The van der Waals surface area contributed by atoms with Crippen LogP contribution in [0.2, 0.25) is 0 Å². The van der Waals surface area contributed by atoms with Gasteiger partial charge in [0.15, 0.2) is 0 Å². The van der Waals surface area contributed by atoms with Crippen LogP contribution >= 0.6 is 0 Å². The quantitative estimate of drug-likeness (QED) is 0.543. The SMILES string of the molecule is COC[C@@]1(OCc2ccccc2)CC[C@H]2[C@H](CC[C@@H]3[C@@H]2CC[C@]24COC(C)[C@H]2CC[C@@H]34)C1. The lowest BCUT2D eigenvalue weighted by Gasteiger charge is -2.57. The zero-order valence-electron chi connectivity index (χ0n) is 20.1. The van der Waals surface area contributed by atoms with Crippen molar-refractivity contribution in [1.29, 1.82) is 0 Å². The summed E-state index contributed by atoms with van der Waals surface area (Å²) in [6.07, 6.45) is 12.8. The van der Waals surface area contributed by atoms with Crippen LogP contribution < -0.4 is 0 Å². The van der Waals surface area contributed by atoms with Crippen molar-refractivity contribution in [2.45, 2.75) is 83.0 Å². The number of hydrogen-bond donors (Lipinski definition) is 0. The highest BCUT2D eigenvalue weighted by atomic mass is 16.5. The number of methoxy groups -OCH3 is 1. The highest BCUT2D eigenvalue weighted by Gasteiger charge is 2.63. The first-order valence-corrected chi connectivity index (χ1v) is 13.4. The molecule has 1 saturated heterocycles. The molecule has 0 aromatic heterocycles. The van der Waals surface area contributed by atoms with E-state index >= 15 is 0 Å². The summed E-state index contributed by atoms with van der Waals surface area (Å²) < 4.78 is 18.7. The fourth-order valence-corrected chi connectivity index (χ4v) is 9.57. The van der Waals surface area contributed by atoms with Crippen LogP contribution in [0.1, 0.15) is 70.3 Å². The van der Waals surface area contributed by atoms with Crippen molar-refractivity contribution >= 4 is 0 Å². The summed E-state index contributed by atoms with van der Waals surface area (Å²) in [5, 5.41) is 0. The summed E-state index contributed by atoms with van der Waals surface area (Å²) in [4.78, 5) is 0. The molecular weight excluding hydrogens is 396 g/mol. The topological polar surface area (TPSA) is 27.7 Å². The van der Waals surface area contributed by atoms with Crippen LogP contribution in [-0.2, 0) is 20.8 Å². The number of benzene rings is 1. The van der Waals surface area contributed by atoms with Gasteiger partial charge in [-0.2, -0.15) is 0 Å². The Morgan fingerprint density at radius 3 is 2.56 bits per heavy atom. The fraction of sp³-hybridized carbons (Fsp3) is 0.793. The summed E-state index contributed by atoms with van der Waals surface area (Å²) in [5.41, 5.74) is 1.72. The molecule has 1 aromatic carbocycles. The summed E-state index contributed by atoms with van der Waals surface area (Å²) in [7, 11) is 1.85. The van der Waals surface area contributed by atoms with Crippen molar-refractivity contribution in [1.82, 2.24) is 0 Å². The minimum atomic E-state index is -0.0956. The van der Waals surface area contributed by atoms with Crippen LogP contribution in [0.25, 0.3) is 0 Å². The van der Waals surface area contributed by atoms with E-state index in [1.54, 1.807) is 0 Å². The third-order valence-corrected chi connectivity index (χ3v) is 10.8. The Kier molecular flexibility index (Phi) is 5.67. The lowest BCUT2D eigenvalue weighted by molar-refractivity contribution is -0.159. The molecule has 4 saturated carbocycles. The molecule has 6 rings (SSSR count). The van der Waals surface area contributed by atoms with Crippen LogP contribution in [-0.4, -0.2) is 32.0 Å². The van der Waals surface area contributed by atoms with Crippen molar-refractivity contribution in [2.24, 2.45) is 40.9 Å². The summed E-state index contributed by atoms with van der Waals surface area (Å²) in [6, 6.07) is 10.7. The van der Waals surface area contributed by atoms with E-state index in [-0.39, 0.29) is 5.60 Å². The van der Waals surface area contributed by atoms with Gasteiger partial charge in [-0.25, -0.2) is 0 Å². The van der Waals surface area contributed by atoms with E-state index in [9.17, 15) is 0 Å². The van der Waals surface area contributed by atoms with Gasteiger partial charge >= 0.3 is 0 Å². The molecule has 3 nitrogen and oxygen atoms in total. The van der Waals surface area contributed by atoms with Gasteiger partial charge < -0.3 is 14.2 Å². The third-order valence-electron chi connectivity index (χ3n) is 10.8. The van der Waals surface area contributed by atoms with Crippen molar-refractivity contribution in [2.75, 3.05) is 20.3 Å². The highest BCUT2D eigenvalue weighted by Crippen LogP contribution is 2.67. The summed E-state index contributed by atoms with van der Waals surface area (Å²) in [6.45, 7) is 4.85. The molecule has 0 N–H and O–H groups in total. The van der Waals surface area contributed by atoms with Gasteiger partial charge in [0.2, 0.25) is 0 Å². The van der Waals surface area contributed by atoms with Crippen molar-refractivity contribution in [3.8, 4) is 0 Å². The Morgan fingerprint density at radius 2 is 1.72 bits per heavy atom. The molecule has 0 bridgehead atoms. The van der Waals surface area contributed by atoms with Gasteiger partial charge in [-0.3, -0.25) is 0 Å². The molecule has 176 valence electrons. The maximum absolute atomic E-state index is 6.68. The third kappa shape index (κ3) is 3.41. The lowest BCUT2D eigenvalue weighted by Crippen LogP contribution is -2.53. The summed E-state index contributed by atoms with van der Waals surface area (Å²) in [5.74, 6) is 5.43. The predicted molar refractivity (Wildman–Crippen MR) is 126 cm³/mol. The zero-order chi connectivity index (χ0) is 21.8. The van der Waals surface area contributed by atoms with E-state index < -0.39 is 0 Å². The minimum absolute atomic E-state index is 0.0956. The van der Waals surface area contributed by atoms with Crippen LogP contribution in [0.3, 0.4) is 0 Å². The highest BCUT2D eigenvalue weighted by molar-refractivity contribution is 5.14. The van der Waals surface area contributed by atoms with Crippen molar-refractivity contribution in [3.05, 3.63) is 35.9 Å². The number of rotatable bonds is 5. The maximum atomic E-state index is 6.68. The average Bonchev–Trinajstić information content (AvgIpc) is 3.35. The van der Waals surface area contributed by atoms with Gasteiger partial charge in [0, 0.05) is 12.5 Å². The van der Waals surface area contributed by atoms with Crippen LogP contribution in [0.15, 0.2) is 30.3 Å². The molecule has 5 aliphatic rings. The normalized spacial score (nSPS) is 47.4. The van der Waals surface area contributed by atoms with E-state index in [1.165, 1.54) is 56.9 Å². The largest absolute Gasteiger partial charge is 0.382 e. The zero-order valence-corrected chi connectivity index (χ0v) is 20.1. The second kappa shape index (κ2) is 8.40. The van der Waals surface area contributed by atoms with Gasteiger partial charge in [0.05, 0.1) is 31.5 Å². The number of fused-ring (bicyclic) bond motifs is 4. The molecule has 1 unspecified atom stereocenters. The van der Waals surface area contributed by atoms with Gasteiger partial charge in [-0.05, 0) is 106 Å². The van der Waals surface area contributed by atoms with Gasteiger partial charge in [-0.15, -0.1) is 0 Å². The predicted octanol–water partition coefficient (Wildman–Crippen LogP) is 6.26. The molecular formula is C29H42O3. The molecule has 3 heteroatoms. The van der Waals surface area contributed by atoms with Crippen LogP contribution in [0.4, 0.5) is 0 Å². The van der Waals surface area contributed by atoms with Gasteiger partial charge in [-0.1, -0.05) is 30.3 Å². The van der Waals surface area contributed by atoms with E-state index in [2.05, 4.69) is 37.3 Å². The van der Waals surface area contributed by atoms with Gasteiger partial charge in [0.25, 0.3) is 0 Å². The van der Waals surface area contributed by atoms with E-state index in [0.717, 1.165) is 55.1 Å². The molecule has 9 atom stereocenters. The Balaban J connectivity index is 1.16. The molecule has 0 radical (unpaired) electrons. The Morgan fingerprint density at radius 1 is 0.906 bits per heavy atom. The monoisotopic (exact) mass is 438 g/mol. The Bertz CT molecular complexity index is 795. The van der Waals surface area contributed by atoms with E-state index in [4.69, 9.17) is 14.2 Å². The standard InChI is InChI=1S/C29H42O3/c1-20-26-10-11-27-25-9-8-22-16-28(18-30-2,32-17-21-6-4-3-5-7-21)14-12-23(22)24(25)13-15-29(26,27)19-31-20/h3-7,20,22-27H,8-19H2,1-2H3/t20?,22-,23+,24-,25-,26-,27+,28-,29+/m1/s1. The minimum Gasteiger partial charge on any atom is -0.382 e. The first kappa shape index (κ1) is 21.6. The summed E-state index contributed by atoms with van der Waals surface area (Å²) >= 11 is 0. The average molecular weight is 439 g/mol. The molecule has 1 spiro atoms. The Hall–Kier alpha value is -0.900. The fourth-order valence-electron chi connectivity index (χ4n) is 9.57. The molecule has 4 aliphatic carbocycles. The second-order valence-corrected chi connectivity index (χ2v) is 12.0. The number of hydrogen-bond acceptors (Lipinski definition) is 3. The smallest absolute Gasteiger partial charge is 0.0922 e. The number of ether oxygens (including phenoxy) is 3. The Labute approximate surface area is 194 Å². The molecule has 32 heavy (non-hydrogen) atoms. The van der Waals surface area contributed by atoms with E-state index in [1.807, 2.05) is 7.11 Å². The first-order chi connectivity index (χ1) is 15.6. The molecule has 5 fully saturated rings. The second-order valence-electron chi connectivity index (χ2n) is 12.0. The van der Waals surface area contributed by atoms with Crippen molar-refractivity contribution < 1.29 is 14.2 Å². The maximum Gasteiger partial charge on any atom is 0.0922 e.